The summed E-state index contributed by atoms with van der Waals surface area (Å²) in [7, 11) is -0.398. The molecule has 2 heterocycles. The largest absolute Gasteiger partial charge is 0.498 e. The first kappa shape index (κ1) is 20.9. The molecule has 6 heteroatoms. The smallest absolute Gasteiger partial charge is 0.399 e. The summed E-state index contributed by atoms with van der Waals surface area (Å²) in [6.45, 7) is 18.5. The fourth-order valence-corrected chi connectivity index (χ4v) is 2.45. The van der Waals surface area contributed by atoms with E-state index in [9.17, 15) is 0 Å². The van der Waals surface area contributed by atoms with Crippen LogP contribution < -0.4 is 10.4 Å². The zero-order valence-corrected chi connectivity index (χ0v) is 16.7. The standard InChI is InChI=1S/C16H28BN3O2.C2H6/c1-7-9-20(10-8-2)14-18-11-13(12-19-14)17-21-15(3,4)16(5,6)22-17;1-2/h11-12H,7-10H2,1-6H3;1-2H3. The van der Waals surface area contributed by atoms with E-state index in [1.54, 1.807) is 0 Å². The SMILES string of the molecule is CC.CCCN(CCC)c1ncc(B2OC(C)(C)C(C)(C)O2)cn1. The van der Waals surface area contributed by atoms with Gasteiger partial charge >= 0.3 is 7.12 Å². The van der Waals surface area contributed by atoms with E-state index < -0.39 is 7.12 Å². The molecule has 0 atom stereocenters. The molecule has 0 unspecified atom stereocenters. The Morgan fingerprint density at radius 1 is 0.917 bits per heavy atom. The molecule has 0 bridgehead atoms. The maximum atomic E-state index is 6.03. The predicted molar refractivity (Wildman–Crippen MR) is 102 cm³/mol. The fraction of sp³-hybridized carbons (Fsp3) is 0.778. The van der Waals surface area contributed by atoms with Crippen molar-refractivity contribution in [1.29, 1.82) is 0 Å². The van der Waals surface area contributed by atoms with Crippen molar-refractivity contribution < 1.29 is 9.31 Å². The summed E-state index contributed by atoms with van der Waals surface area (Å²) in [6.07, 6.45) is 5.82. The molecule has 0 amide bonds. The highest BCUT2D eigenvalue weighted by atomic mass is 16.7. The average Bonchev–Trinajstić information content (AvgIpc) is 2.77. The maximum Gasteiger partial charge on any atom is 0.498 e. The van der Waals surface area contributed by atoms with E-state index in [4.69, 9.17) is 9.31 Å². The van der Waals surface area contributed by atoms with E-state index in [0.29, 0.717) is 0 Å². The quantitative estimate of drug-likeness (QED) is 0.746. The van der Waals surface area contributed by atoms with Crippen LogP contribution in [0.3, 0.4) is 0 Å². The Balaban J connectivity index is 0.00000139. The molecule has 24 heavy (non-hydrogen) atoms. The first-order chi connectivity index (χ1) is 11.3. The van der Waals surface area contributed by atoms with Gasteiger partial charge in [0.15, 0.2) is 0 Å². The molecule has 1 aromatic heterocycles. The Hall–Kier alpha value is -1.14. The van der Waals surface area contributed by atoms with Gasteiger partial charge in [0, 0.05) is 30.9 Å². The van der Waals surface area contributed by atoms with E-state index in [1.807, 2.05) is 53.9 Å². The van der Waals surface area contributed by atoms with E-state index in [2.05, 4.69) is 28.7 Å². The molecule has 1 saturated heterocycles. The molecule has 5 nitrogen and oxygen atoms in total. The van der Waals surface area contributed by atoms with Crippen molar-refractivity contribution in [3.8, 4) is 0 Å². The summed E-state index contributed by atoms with van der Waals surface area (Å²) >= 11 is 0. The number of anilines is 1. The zero-order valence-electron chi connectivity index (χ0n) is 16.7. The first-order valence-electron chi connectivity index (χ1n) is 9.23. The lowest BCUT2D eigenvalue weighted by Crippen LogP contribution is -2.41. The van der Waals surface area contributed by atoms with Crippen LogP contribution in [-0.2, 0) is 9.31 Å². The third-order valence-corrected chi connectivity index (χ3v) is 4.45. The summed E-state index contributed by atoms with van der Waals surface area (Å²) < 4.78 is 12.1. The van der Waals surface area contributed by atoms with Crippen LogP contribution in [-0.4, -0.2) is 41.4 Å². The van der Waals surface area contributed by atoms with Crippen LogP contribution in [0.5, 0.6) is 0 Å². The second kappa shape index (κ2) is 8.81. The van der Waals surface area contributed by atoms with Crippen LogP contribution in [0.15, 0.2) is 12.4 Å². The summed E-state index contributed by atoms with van der Waals surface area (Å²) in [5.41, 5.74) is 0.190. The second-order valence-corrected chi connectivity index (χ2v) is 6.89. The minimum atomic E-state index is -0.398. The molecule has 1 aliphatic rings. The topological polar surface area (TPSA) is 47.5 Å². The van der Waals surface area contributed by atoms with Crippen LogP contribution in [0.25, 0.3) is 0 Å². The normalized spacial score (nSPS) is 18.1. The summed E-state index contributed by atoms with van der Waals surface area (Å²) in [4.78, 5) is 11.2. The maximum absolute atomic E-state index is 6.03. The lowest BCUT2D eigenvalue weighted by Gasteiger charge is -2.32. The van der Waals surface area contributed by atoms with Gasteiger partial charge < -0.3 is 14.2 Å². The highest BCUT2D eigenvalue weighted by molar-refractivity contribution is 6.61. The van der Waals surface area contributed by atoms with Crippen molar-refractivity contribution >= 4 is 18.5 Å². The number of aromatic nitrogens is 2. The van der Waals surface area contributed by atoms with Crippen LogP contribution in [0.1, 0.15) is 68.2 Å². The van der Waals surface area contributed by atoms with E-state index in [1.165, 1.54) is 0 Å². The summed E-state index contributed by atoms with van der Waals surface area (Å²) in [5.74, 6) is 0.781. The van der Waals surface area contributed by atoms with Crippen molar-refractivity contribution in [2.45, 2.75) is 79.4 Å². The Kier molecular flexibility index (Phi) is 7.68. The minimum absolute atomic E-state index is 0.340. The molecule has 0 spiro atoms. The predicted octanol–water partition coefficient (Wildman–Crippen LogP) is 3.43. The van der Waals surface area contributed by atoms with Crippen LogP contribution in [0, 0.1) is 0 Å². The molecule has 0 aromatic carbocycles. The van der Waals surface area contributed by atoms with Crippen molar-refractivity contribution in [1.82, 2.24) is 9.97 Å². The Morgan fingerprint density at radius 2 is 1.33 bits per heavy atom. The van der Waals surface area contributed by atoms with E-state index in [-0.39, 0.29) is 11.2 Å². The minimum Gasteiger partial charge on any atom is -0.399 e. The Bertz CT molecular complexity index is 470. The number of hydrogen-bond acceptors (Lipinski definition) is 5. The summed E-state index contributed by atoms with van der Waals surface area (Å²) in [5, 5.41) is 0. The first-order valence-corrected chi connectivity index (χ1v) is 9.23. The Labute approximate surface area is 148 Å². The van der Waals surface area contributed by atoms with Gasteiger partial charge in [0.25, 0.3) is 0 Å². The molecule has 136 valence electrons. The highest BCUT2D eigenvalue weighted by Crippen LogP contribution is 2.36. The van der Waals surface area contributed by atoms with Crippen molar-refractivity contribution in [2.24, 2.45) is 0 Å². The highest BCUT2D eigenvalue weighted by Gasteiger charge is 2.51. The lowest BCUT2D eigenvalue weighted by molar-refractivity contribution is 0.00578. The van der Waals surface area contributed by atoms with Gasteiger partial charge in [-0.25, -0.2) is 9.97 Å². The molecule has 1 aliphatic heterocycles. The van der Waals surface area contributed by atoms with Gasteiger partial charge in [-0.3, -0.25) is 0 Å². The van der Waals surface area contributed by atoms with E-state index in [0.717, 1.165) is 37.3 Å². The molecule has 0 N–H and O–H groups in total. The van der Waals surface area contributed by atoms with Gasteiger partial charge in [0.2, 0.25) is 5.95 Å². The third-order valence-electron chi connectivity index (χ3n) is 4.45. The molecule has 0 radical (unpaired) electrons. The Morgan fingerprint density at radius 3 is 1.71 bits per heavy atom. The van der Waals surface area contributed by atoms with Crippen molar-refractivity contribution in [3.05, 3.63) is 12.4 Å². The van der Waals surface area contributed by atoms with E-state index >= 15 is 0 Å². The van der Waals surface area contributed by atoms with Crippen LogP contribution in [0.2, 0.25) is 0 Å². The molecule has 2 rings (SSSR count). The van der Waals surface area contributed by atoms with Gasteiger partial charge in [-0.15, -0.1) is 0 Å². The fourth-order valence-electron chi connectivity index (χ4n) is 2.45. The summed E-state index contributed by atoms with van der Waals surface area (Å²) in [6, 6.07) is 0. The molecule has 0 aliphatic carbocycles. The molecule has 1 aromatic rings. The van der Waals surface area contributed by atoms with Gasteiger partial charge in [-0.1, -0.05) is 27.7 Å². The van der Waals surface area contributed by atoms with Gasteiger partial charge in [-0.2, -0.15) is 0 Å². The number of nitrogens with zero attached hydrogens (tertiary/aromatic N) is 3. The monoisotopic (exact) mass is 335 g/mol. The average molecular weight is 335 g/mol. The van der Waals surface area contributed by atoms with Crippen molar-refractivity contribution in [2.75, 3.05) is 18.0 Å². The zero-order chi connectivity index (χ0) is 18.4. The van der Waals surface area contributed by atoms with Crippen molar-refractivity contribution in [3.63, 3.8) is 0 Å². The lowest BCUT2D eigenvalue weighted by atomic mass is 9.81. The van der Waals surface area contributed by atoms with Crippen LogP contribution in [0.4, 0.5) is 5.95 Å². The third kappa shape index (κ3) is 4.70. The number of hydrogen-bond donors (Lipinski definition) is 0. The van der Waals surface area contributed by atoms with Gasteiger partial charge in [0.05, 0.1) is 11.2 Å². The van der Waals surface area contributed by atoms with Gasteiger partial charge in [-0.05, 0) is 40.5 Å². The molecule has 1 fully saturated rings. The second-order valence-electron chi connectivity index (χ2n) is 6.89. The van der Waals surface area contributed by atoms with Crippen LogP contribution >= 0.6 is 0 Å². The molecule has 0 saturated carbocycles. The molecular weight excluding hydrogens is 301 g/mol. The molecular formula is C18H34BN3O2. The van der Waals surface area contributed by atoms with Gasteiger partial charge in [0.1, 0.15) is 0 Å². The number of rotatable bonds is 6.